The highest BCUT2D eigenvalue weighted by Gasteiger charge is 2.22. The smallest absolute Gasteiger partial charge is 0.305 e. The van der Waals surface area contributed by atoms with Crippen molar-refractivity contribution in [3.8, 4) is 28.2 Å². The molecule has 7 nitrogen and oxygen atoms in total. The number of fused-ring (bicyclic) bond motifs is 1. The fourth-order valence-electron chi connectivity index (χ4n) is 3.78. The summed E-state index contributed by atoms with van der Waals surface area (Å²) in [6, 6.07) is 17.8. The molecule has 2 heterocycles. The normalized spacial score (nSPS) is 12.1. The number of aryl methyl sites for hydroxylation is 1. The third-order valence-electron chi connectivity index (χ3n) is 5.49. The standard InChI is InChI=1S/C26H26N2O5/c1-17(32-15-14-22(29)30)8-13-21-24-23(18-9-11-20(31-2)12-10-18)25(19-6-4-3-5-7-19)33-26(24)28-16-27-21/h3-7,9-12,16-17H,8,13-15H2,1-2H3,(H,29,30)/t17-/m1/s1. The molecule has 2 aromatic carbocycles. The zero-order valence-electron chi connectivity index (χ0n) is 18.7. The number of nitrogens with zero attached hydrogens (tertiary/aromatic N) is 2. The number of rotatable bonds is 10. The van der Waals surface area contributed by atoms with Crippen LogP contribution in [0.5, 0.6) is 5.75 Å². The van der Waals surface area contributed by atoms with Crippen LogP contribution in [-0.2, 0) is 16.0 Å². The van der Waals surface area contributed by atoms with E-state index in [0.717, 1.165) is 39.3 Å². The second-order valence-corrected chi connectivity index (χ2v) is 7.77. The van der Waals surface area contributed by atoms with Crippen molar-refractivity contribution in [3.63, 3.8) is 0 Å². The average Bonchev–Trinajstić information content (AvgIpc) is 3.23. The zero-order chi connectivity index (χ0) is 23.2. The van der Waals surface area contributed by atoms with E-state index in [1.165, 1.54) is 6.33 Å². The molecule has 4 rings (SSSR count). The number of carbonyl (C=O) groups is 1. The largest absolute Gasteiger partial charge is 0.497 e. The van der Waals surface area contributed by atoms with E-state index in [0.29, 0.717) is 18.6 Å². The van der Waals surface area contributed by atoms with Gasteiger partial charge in [-0.25, -0.2) is 9.97 Å². The van der Waals surface area contributed by atoms with E-state index in [9.17, 15) is 4.79 Å². The third kappa shape index (κ3) is 5.21. The van der Waals surface area contributed by atoms with Gasteiger partial charge < -0.3 is 19.0 Å². The summed E-state index contributed by atoms with van der Waals surface area (Å²) in [6.07, 6.45) is 2.75. The lowest BCUT2D eigenvalue weighted by atomic mass is 9.97. The van der Waals surface area contributed by atoms with Gasteiger partial charge in [-0.05, 0) is 37.5 Å². The lowest BCUT2D eigenvalue weighted by Crippen LogP contribution is -2.13. The molecule has 0 aliphatic rings. The van der Waals surface area contributed by atoms with Gasteiger partial charge in [-0.3, -0.25) is 4.79 Å². The molecule has 0 unspecified atom stereocenters. The van der Waals surface area contributed by atoms with Gasteiger partial charge in [0.2, 0.25) is 5.71 Å². The first kappa shape index (κ1) is 22.5. The van der Waals surface area contributed by atoms with E-state index >= 15 is 0 Å². The molecule has 170 valence electrons. The van der Waals surface area contributed by atoms with E-state index < -0.39 is 5.97 Å². The zero-order valence-corrected chi connectivity index (χ0v) is 18.7. The second kappa shape index (κ2) is 10.3. The Labute approximate surface area is 192 Å². The maximum Gasteiger partial charge on any atom is 0.305 e. The molecular weight excluding hydrogens is 420 g/mol. The number of carboxylic acids is 1. The van der Waals surface area contributed by atoms with E-state index in [4.69, 9.17) is 19.0 Å². The molecule has 0 aliphatic carbocycles. The molecule has 0 saturated carbocycles. The Morgan fingerprint density at radius 1 is 1.06 bits per heavy atom. The van der Waals surface area contributed by atoms with Crippen LogP contribution in [0.15, 0.2) is 65.3 Å². The van der Waals surface area contributed by atoms with Crippen LogP contribution >= 0.6 is 0 Å². The summed E-state index contributed by atoms with van der Waals surface area (Å²) in [5.41, 5.74) is 4.27. The van der Waals surface area contributed by atoms with Gasteiger partial charge in [0.15, 0.2) is 0 Å². The molecule has 4 aromatic rings. The third-order valence-corrected chi connectivity index (χ3v) is 5.49. The molecule has 1 N–H and O–H groups in total. The van der Waals surface area contributed by atoms with Gasteiger partial charge in [-0.2, -0.15) is 0 Å². The van der Waals surface area contributed by atoms with Gasteiger partial charge in [-0.1, -0.05) is 42.5 Å². The Morgan fingerprint density at radius 2 is 1.82 bits per heavy atom. The monoisotopic (exact) mass is 446 g/mol. The van der Waals surface area contributed by atoms with E-state index in [1.54, 1.807) is 7.11 Å². The molecule has 0 saturated heterocycles. The molecule has 0 radical (unpaired) electrons. The van der Waals surface area contributed by atoms with Crippen LogP contribution in [0.3, 0.4) is 0 Å². The van der Waals surface area contributed by atoms with Crippen molar-refractivity contribution >= 4 is 17.1 Å². The molecule has 0 fully saturated rings. The van der Waals surface area contributed by atoms with Crippen molar-refractivity contribution in [1.29, 1.82) is 0 Å². The van der Waals surface area contributed by atoms with Gasteiger partial charge in [0, 0.05) is 11.1 Å². The molecule has 7 heteroatoms. The van der Waals surface area contributed by atoms with Crippen molar-refractivity contribution in [2.45, 2.75) is 32.3 Å². The number of benzene rings is 2. The highest BCUT2D eigenvalue weighted by atomic mass is 16.5. The lowest BCUT2D eigenvalue weighted by molar-refractivity contribution is -0.138. The maximum absolute atomic E-state index is 10.7. The Balaban J connectivity index is 1.73. The molecule has 0 spiro atoms. The minimum Gasteiger partial charge on any atom is -0.497 e. The summed E-state index contributed by atoms with van der Waals surface area (Å²) < 4.78 is 17.2. The highest BCUT2D eigenvalue weighted by Crippen LogP contribution is 2.41. The van der Waals surface area contributed by atoms with Crippen LogP contribution in [-0.4, -0.2) is 40.9 Å². The number of hydrogen-bond acceptors (Lipinski definition) is 6. The average molecular weight is 447 g/mol. The number of furan rings is 1. The first-order valence-electron chi connectivity index (χ1n) is 10.9. The van der Waals surface area contributed by atoms with Crippen LogP contribution in [0.1, 0.15) is 25.5 Å². The molecule has 2 aromatic heterocycles. The Kier molecular flexibility index (Phi) is 7.00. The highest BCUT2D eigenvalue weighted by molar-refractivity contribution is 6.01. The number of aliphatic carboxylic acids is 1. The van der Waals surface area contributed by atoms with Crippen molar-refractivity contribution in [3.05, 3.63) is 66.6 Å². The molecule has 0 bridgehead atoms. The number of ether oxygens (including phenoxy) is 2. The van der Waals surface area contributed by atoms with Gasteiger partial charge in [0.25, 0.3) is 0 Å². The molecule has 33 heavy (non-hydrogen) atoms. The summed E-state index contributed by atoms with van der Waals surface area (Å²) in [7, 11) is 1.64. The fraction of sp³-hybridized carbons (Fsp3) is 0.269. The summed E-state index contributed by atoms with van der Waals surface area (Å²) in [6.45, 7) is 2.13. The van der Waals surface area contributed by atoms with Crippen LogP contribution < -0.4 is 4.74 Å². The van der Waals surface area contributed by atoms with Crippen LogP contribution in [0.25, 0.3) is 33.6 Å². The van der Waals surface area contributed by atoms with Gasteiger partial charge in [-0.15, -0.1) is 0 Å². The lowest BCUT2D eigenvalue weighted by Gasteiger charge is -2.12. The topological polar surface area (TPSA) is 94.7 Å². The van der Waals surface area contributed by atoms with E-state index in [2.05, 4.69) is 9.97 Å². The first-order chi connectivity index (χ1) is 16.1. The predicted molar refractivity (Wildman–Crippen MR) is 125 cm³/mol. The van der Waals surface area contributed by atoms with Crippen LogP contribution in [0, 0.1) is 0 Å². The Bertz CT molecular complexity index is 1220. The SMILES string of the molecule is COc1ccc(-c2c(-c3ccccc3)oc3ncnc(CC[C@@H](C)OCCC(=O)O)c23)cc1. The van der Waals surface area contributed by atoms with Crippen molar-refractivity contribution < 1.29 is 23.8 Å². The van der Waals surface area contributed by atoms with Gasteiger partial charge in [0.1, 0.15) is 17.8 Å². The number of carboxylic acid groups (broad SMARTS) is 1. The number of hydrogen-bond donors (Lipinski definition) is 1. The van der Waals surface area contributed by atoms with Crippen molar-refractivity contribution in [2.75, 3.05) is 13.7 Å². The first-order valence-corrected chi connectivity index (χ1v) is 10.9. The molecule has 0 amide bonds. The predicted octanol–water partition coefficient (Wildman–Crippen LogP) is 5.38. The Morgan fingerprint density at radius 3 is 2.52 bits per heavy atom. The number of aromatic nitrogens is 2. The summed E-state index contributed by atoms with van der Waals surface area (Å²) in [5.74, 6) is 0.649. The van der Waals surface area contributed by atoms with Crippen molar-refractivity contribution in [2.24, 2.45) is 0 Å². The fourth-order valence-corrected chi connectivity index (χ4v) is 3.78. The quantitative estimate of drug-likeness (QED) is 0.349. The van der Waals surface area contributed by atoms with Gasteiger partial charge >= 0.3 is 5.97 Å². The molecular formula is C26H26N2O5. The summed E-state index contributed by atoms with van der Waals surface area (Å²) in [5, 5.41) is 9.68. The van der Waals surface area contributed by atoms with Crippen molar-refractivity contribution in [1.82, 2.24) is 9.97 Å². The summed E-state index contributed by atoms with van der Waals surface area (Å²) in [4.78, 5) is 19.7. The van der Waals surface area contributed by atoms with Gasteiger partial charge in [0.05, 0.1) is 37.3 Å². The molecule has 0 aliphatic heterocycles. The maximum atomic E-state index is 10.7. The number of methoxy groups -OCH3 is 1. The minimum absolute atomic E-state index is 0.00806. The minimum atomic E-state index is -0.865. The Hall–Kier alpha value is -3.71. The second-order valence-electron chi connectivity index (χ2n) is 7.77. The molecule has 1 atom stereocenters. The van der Waals surface area contributed by atoms with E-state index in [1.807, 2.05) is 61.5 Å². The van der Waals surface area contributed by atoms with Crippen LogP contribution in [0.4, 0.5) is 0 Å². The van der Waals surface area contributed by atoms with E-state index in [-0.39, 0.29) is 19.1 Å². The van der Waals surface area contributed by atoms with Crippen LogP contribution in [0.2, 0.25) is 0 Å². The summed E-state index contributed by atoms with van der Waals surface area (Å²) >= 11 is 0.